The van der Waals surface area contributed by atoms with Gasteiger partial charge in [0.15, 0.2) is 5.78 Å². The Morgan fingerprint density at radius 1 is 1.15 bits per heavy atom. The molecule has 1 atom stereocenters. The molecule has 0 fully saturated rings. The normalized spacial score (nSPS) is 15.6. The Morgan fingerprint density at radius 2 is 1.82 bits per heavy atom. The number of nitrogens with zero attached hydrogens (tertiary/aromatic N) is 2. The largest absolute Gasteiger partial charge is 0.444 e. The summed E-state index contributed by atoms with van der Waals surface area (Å²) in [5, 5.41) is 11.7. The number of anilines is 1. The standard InChI is InChI=1S/C28H29F4N3O4S/c1-27(2,3)39-26(38)34-21-16-40-24-13-20(29)19(23(36)6-4-5-11-28(30,31)32)12-22(24)35(25(21)37)15-18-9-7-17(14-33)8-10-18/h7-10,12-13,21H,4-6,11,15-16H2,1-3H3,(H,34,38)/t21-/m0/s1. The molecule has 214 valence electrons. The predicted molar refractivity (Wildman–Crippen MR) is 141 cm³/mol. The van der Waals surface area contributed by atoms with Crippen LogP contribution in [0.15, 0.2) is 41.3 Å². The van der Waals surface area contributed by atoms with Gasteiger partial charge in [-0.2, -0.15) is 18.4 Å². The van der Waals surface area contributed by atoms with Gasteiger partial charge in [-0.1, -0.05) is 12.1 Å². The first-order valence-corrected chi connectivity index (χ1v) is 13.5. The van der Waals surface area contributed by atoms with Gasteiger partial charge in [0.05, 0.1) is 29.4 Å². The second-order valence-electron chi connectivity index (χ2n) is 10.3. The van der Waals surface area contributed by atoms with Crippen molar-refractivity contribution in [3.05, 3.63) is 58.9 Å². The number of ketones is 1. The summed E-state index contributed by atoms with van der Waals surface area (Å²) in [5.74, 6) is -2.00. The molecule has 1 aliphatic heterocycles. The average Bonchev–Trinajstić information content (AvgIpc) is 2.97. The van der Waals surface area contributed by atoms with Crippen LogP contribution in [-0.2, 0) is 16.1 Å². The molecule has 40 heavy (non-hydrogen) atoms. The first-order chi connectivity index (χ1) is 18.7. The molecule has 0 radical (unpaired) electrons. The van der Waals surface area contributed by atoms with Gasteiger partial charge in [0.25, 0.3) is 5.91 Å². The Labute approximate surface area is 233 Å². The second kappa shape index (κ2) is 12.7. The Balaban J connectivity index is 1.93. The first kappa shape index (κ1) is 30.9. The van der Waals surface area contributed by atoms with Gasteiger partial charge in [0.2, 0.25) is 0 Å². The van der Waals surface area contributed by atoms with E-state index >= 15 is 4.39 Å². The number of carbonyl (C=O) groups is 3. The third-order valence-corrected chi connectivity index (χ3v) is 6.98. The lowest BCUT2D eigenvalue weighted by atomic mass is 10.0. The zero-order valence-electron chi connectivity index (χ0n) is 22.2. The highest BCUT2D eigenvalue weighted by Gasteiger charge is 2.34. The van der Waals surface area contributed by atoms with Gasteiger partial charge in [0.1, 0.15) is 17.5 Å². The number of ether oxygens (including phenoxy) is 1. The summed E-state index contributed by atoms with van der Waals surface area (Å²) in [4.78, 5) is 40.6. The third kappa shape index (κ3) is 8.71. The van der Waals surface area contributed by atoms with Gasteiger partial charge in [-0.15, -0.1) is 11.8 Å². The van der Waals surface area contributed by atoms with Crippen molar-refractivity contribution in [3.63, 3.8) is 0 Å². The monoisotopic (exact) mass is 579 g/mol. The number of Topliss-reactive ketones (excluding diaryl/α,β-unsaturated/α-hetero) is 1. The van der Waals surface area contributed by atoms with Crippen molar-refractivity contribution in [1.29, 1.82) is 5.26 Å². The van der Waals surface area contributed by atoms with E-state index in [0.717, 1.165) is 17.8 Å². The van der Waals surface area contributed by atoms with E-state index in [0.29, 0.717) is 16.0 Å². The lowest BCUT2D eigenvalue weighted by molar-refractivity contribution is -0.135. The fourth-order valence-corrected chi connectivity index (χ4v) is 5.04. The molecule has 0 spiro atoms. The fourth-order valence-electron chi connectivity index (χ4n) is 3.96. The van der Waals surface area contributed by atoms with Crippen LogP contribution in [0.4, 0.5) is 28.0 Å². The molecule has 7 nitrogen and oxygen atoms in total. The van der Waals surface area contributed by atoms with Crippen LogP contribution in [0.25, 0.3) is 0 Å². The molecule has 0 bridgehead atoms. The predicted octanol–water partition coefficient (Wildman–Crippen LogP) is 6.53. The number of hydrogen-bond donors (Lipinski definition) is 1. The molecule has 0 saturated heterocycles. The van der Waals surface area contributed by atoms with Gasteiger partial charge in [0, 0.05) is 23.5 Å². The summed E-state index contributed by atoms with van der Waals surface area (Å²) in [6.45, 7) is 5.00. The summed E-state index contributed by atoms with van der Waals surface area (Å²) in [7, 11) is 0. The van der Waals surface area contributed by atoms with Crippen molar-refractivity contribution in [2.75, 3.05) is 10.7 Å². The molecule has 0 aliphatic carbocycles. The highest BCUT2D eigenvalue weighted by molar-refractivity contribution is 7.99. The number of unbranched alkanes of at least 4 members (excludes halogenated alkanes) is 1. The molecule has 0 saturated carbocycles. The van der Waals surface area contributed by atoms with Gasteiger partial charge in [-0.25, -0.2) is 9.18 Å². The number of alkyl carbamates (subject to hydrolysis) is 1. The summed E-state index contributed by atoms with van der Waals surface area (Å²) >= 11 is 1.11. The summed E-state index contributed by atoms with van der Waals surface area (Å²) in [6, 6.07) is 9.77. The summed E-state index contributed by atoms with van der Waals surface area (Å²) in [6.07, 6.45) is -6.81. The van der Waals surface area contributed by atoms with Crippen LogP contribution in [0.2, 0.25) is 0 Å². The lowest BCUT2D eigenvalue weighted by Gasteiger charge is -2.27. The molecule has 12 heteroatoms. The van der Waals surface area contributed by atoms with E-state index in [-0.39, 0.29) is 42.8 Å². The molecule has 3 rings (SSSR count). The van der Waals surface area contributed by atoms with Gasteiger partial charge >= 0.3 is 12.3 Å². The Hall–Kier alpha value is -3.59. The SMILES string of the molecule is CC(C)(C)OC(=O)N[C@H]1CSc2cc(F)c(C(=O)CCCCC(F)(F)F)cc2N(Cc2ccc(C#N)cc2)C1=O. The number of hydrogen-bond acceptors (Lipinski definition) is 6. The van der Waals surface area contributed by atoms with Crippen molar-refractivity contribution < 1.29 is 36.7 Å². The summed E-state index contributed by atoms with van der Waals surface area (Å²) < 4.78 is 57.7. The maximum Gasteiger partial charge on any atom is 0.408 e. The number of thioether (sulfide) groups is 1. The number of benzene rings is 2. The molecule has 1 N–H and O–H groups in total. The lowest BCUT2D eigenvalue weighted by Crippen LogP contribution is -2.50. The van der Waals surface area contributed by atoms with Gasteiger partial charge < -0.3 is 15.0 Å². The molecule has 1 heterocycles. The number of carbonyl (C=O) groups excluding carboxylic acids is 3. The number of rotatable bonds is 8. The Bertz CT molecular complexity index is 1300. The van der Waals surface area contributed by atoms with Crippen LogP contribution in [0.3, 0.4) is 0 Å². The summed E-state index contributed by atoms with van der Waals surface area (Å²) in [5.41, 5.74) is 0.127. The number of fused-ring (bicyclic) bond motifs is 1. The minimum absolute atomic E-state index is 0.0184. The quantitative estimate of drug-likeness (QED) is 0.217. The minimum atomic E-state index is -4.34. The van der Waals surface area contributed by atoms with Crippen molar-refractivity contribution in [3.8, 4) is 6.07 Å². The van der Waals surface area contributed by atoms with E-state index in [2.05, 4.69) is 5.32 Å². The zero-order chi connectivity index (χ0) is 29.7. The van der Waals surface area contributed by atoms with E-state index in [1.54, 1.807) is 45.0 Å². The number of nitrogens with one attached hydrogen (secondary N) is 1. The van der Waals surface area contributed by atoms with Crippen LogP contribution < -0.4 is 10.2 Å². The average molecular weight is 580 g/mol. The van der Waals surface area contributed by atoms with E-state index in [9.17, 15) is 27.6 Å². The van der Waals surface area contributed by atoms with Crippen LogP contribution in [0.1, 0.15) is 67.9 Å². The maximum atomic E-state index is 15.0. The molecule has 1 aliphatic rings. The number of alkyl halides is 3. The third-order valence-electron chi connectivity index (χ3n) is 5.84. The van der Waals surface area contributed by atoms with E-state index in [1.165, 1.54) is 11.0 Å². The molecule has 2 amide bonds. The van der Waals surface area contributed by atoms with E-state index in [4.69, 9.17) is 10.00 Å². The number of amides is 2. The van der Waals surface area contributed by atoms with Crippen molar-refractivity contribution >= 4 is 35.2 Å². The molecule has 0 unspecified atom stereocenters. The van der Waals surface area contributed by atoms with Crippen LogP contribution in [0, 0.1) is 17.1 Å². The molecular weight excluding hydrogens is 550 g/mol. The number of nitriles is 1. The number of halogens is 4. The zero-order valence-corrected chi connectivity index (χ0v) is 23.0. The Morgan fingerprint density at radius 3 is 2.42 bits per heavy atom. The van der Waals surface area contributed by atoms with Gasteiger partial charge in [-0.05, 0) is 63.4 Å². The molecule has 0 aromatic heterocycles. The highest BCUT2D eigenvalue weighted by Crippen LogP contribution is 2.38. The minimum Gasteiger partial charge on any atom is -0.444 e. The molecule has 2 aromatic carbocycles. The van der Waals surface area contributed by atoms with E-state index in [1.807, 2.05) is 6.07 Å². The van der Waals surface area contributed by atoms with E-state index < -0.39 is 47.8 Å². The van der Waals surface area contributed by atoms with Gasteiger partial charge in [-0.3, -0.25) is 9.59 Å². The van der Waals surface area contributed by atoms with Crippen LogP contribution >= 0.6 is 11.8 Å². The highest BCUT2D eigenvalue weighted by atomic mass is 32.2. The van der Waals surface area contributed by atoms with Crippen molar-refractivity contribution in [1.82, 2.24) is 5.32 Å². The topological polar surface area (TPSA) is 99.5 Å². The molecular formula is C28H29F4N3O4S. The van der Waals surface area contributed by atoms with Crippen molar-refractivity contribution in [2.45, 2.75) is 75.7 Å². The Kier molecular flexibility index (Phi) is 9.84. The van der Waals surface area contributed by atoms with Crippen LogP contribution in [-0.4, -0.2) is 41.4 Å². The van der Waals surface area contributed by atoms with Crippen molar-refractivity contribution in [2.24, 2.45) is 0 Å². The fraction of sp³-hybridized carbons (Fsp3) is 0.429. The second-order valence-corrected chi connectivity index (χ2v) is 11.4. The maximum absolute atomic E-state index is 15.0. The smallest absolute Gasteiger partial charge is 0.408 e. The first-order valence-electron chi connectivity index (χ1n) is 12.5. The molecule has 2 aromatic rings. The van der Waals surface area contributed by atoms with Crippen LogP contribution in [0.5, 0.6) is 0 Å².